The number of phenolic OH excluding ortho intramolecular Hbond substituents is 1. The lowest BCUT2D eigenvalue weighted by molar-refractivity contribution is 0.371. The van der Waals surface area contributed by atoms with E-state index in [2.05, 4.69) is 4.98 Å². The fourth-order valence-electron chi connectivity index (χ4n) is 1.84. The summed E-state index contributed by atoms with van der Waals surface area (Å²) >= 11 is 1.40. The first kappa shape index (κ1) is 11.7. The van der Waals surface area contributed by atoms with Crippen LogP contribution in [-0.2, 0) is 0 Å². The molecule has 6 heteroatoms. The van der Waals surface area contributed by atoms with Gasteiger partial charge in [0.15, 0.2) is 22.5 Å². The number of hydrogen-bond acceptors (Lipinski definition) is 6. The van der Waals surface area contributed by atoms with Gasteiger partial charge < -0.3 is 14.3 Å². The van der Waals surface area contributed by atoms with Gasteiger partial charge in [-0.1, -0.05) is 0 Å². The Balaban J connectivity index is 2.38. The van der Waals surface area contributed by atoms with Gasteiger partial charge in [0, 0.05) is 11.4 Å². The molecule has 0 radical (unpaired) electrons. The van der Waals surface area contributed by atoms with Crippen molar-refractivity contribution in [3.05, 3.63) is 39.3 Å². The average molecular weight is 275 g/mol. The monoisotopic (exact) mass is 275 g/mol. The molecular weight excluding hydrogens is 266 g/mol. The van der Waals surface area contributed by atoms with E-state index in [0.29, 0.717) is 16.8 Å². The zero-order valence-corrected chi connectivity index (χ0v) is 10.7. The topological polar surface area (TPSA) is 72.6 Å². The van der Waals surface area contributed by atoms with Crippen molar-refractivity contribution in [1.82, 2.24) is 4.98 Å². The lowest BCUT2D eigenvalue weighted by atomic mass is 10.2. The zero-order chi connectivity index (χ0) is 13.4. The fraction of sp³-hybridized carbons (Fsp3) is 0.0769. The molecule has 1 aromatic carbocycles. The van der Waals surface area contributed by atoms with E-state index in [1.165, 1.54) is 36.6 Å². The maximum absolute atomic E-state index is 12.1. The SMILES string of the molecule is COc1c(O)ccc2c(=O)cc(-c3cscn3)oc12. The van der Waals surface area contributed by atoms with Gasteiger partial charge in [0.1, 0.15) is 5.69 Å². The maximum Gasteiger partial charge on any atom is 0.204 e. The quantitative estimate of drug-likeness (QED) is 0.778. The summed E-state index contributed by atoms with van der Waals surface area (Å²) in [7, 11) is 1.41. The minimum atomic E-state index is -0.206. The van der Waals surface area contributed by atoms with Gasteiger partial charge in [0.05, 0.1) is 18.0 Å². The van der Waals surface area contributed by atoms with E-state index in [1.807, 2.05) is 0 Å². The molecule has 0 saturated carbocycles. The van der Waals surface area contributed by atoms with Crippen molar-refractivity contribution in [2.45, 2.75) is 0 Å². The molecular formula is C13H9NO4S. The van der Waals surface area contributed by atoms with Gasteiger partial charge in [0.2, 0.25) is 5.75 Å². The Labute approximate surface area is 111 Å². The van der Waals surface area contributed by atoms with Crippen LogP contribution in [0.2, 0.25) is 0 Å². The molecule has 2 aromatic heterocycles. The molecule has 0 amide bonds. The Hall–Kier alpha value is -2.34. The van der Waals surface area contributed by atoms with Gasteiger partial charge in [-0.3, -0.25) is 4.79 Å². The van der Waals surface area contributed by atoms with Gasteiger partial charge in [-0.25, -0.2) is 4.98 Å². The Kier molecular flexibility index (Phi) is 2.72. The van der Waals surface area contributed by atoms with Crippen LogP contribution in [0.1, 0.15) is 0 Å². The van der Waals surface area contributed by atoms with Gasteiger partial charge in [-0.2, -0.15) is 0 Å². The summed E-state index contributed by atoms with van der Waals surface area (Å²) in [5.41, 5.74) is 2.24. The molecule has 0 atom stereocenters. The summed E-state index contributed by atoms with van der Waals surface area (Å²) in [5, 5.41) is 11.9. The maximum atomic E-state index is 12.1. The van der Waals surface area contributed by atoms with E-state index in [-0.39, 0.29) is 22.5 Å². The zero-order valence-electron chi connectivity index (χ0n) is 9.91. The van der Waals surface area contributed by atoms with Gasteiger partial charge in [0.25, 0.3) is 0 Å². The molecule has 0 bridgehead atoms. The lowest BCUT2D eigenvalue weighted by Gasteiger charge is -2.07. The van der Waals surface area contributed by atoms with Gasteiger partial charge in [-0.05, 0) is 12.1 Å². The molecule has 19 heavy (non-hydrogen) atoms. The van der Waals surface area contributed by atoms with E-state index in [9.17, 15) is 9.90 Å². The van der Waals surface area contributed by atoms with Crippen molar-refractivity contribution < 1.29 is 14.3 Å². The second kappa shape index (κ2) is 4.40. The van der Waals surface area contributed by atoms with Crippen LogP contribution in [0, 0.1) is 0 Å². The average Bonchev–Trinajstić information content (AvgIpc) is 2.92. The van der Waals surface area contributed by atoms with Crippen LogP contribution >= 0.6 is 11.3 Å². The minimum Gasteiger partial charge on any atom is -0.504 e. The molecule has 3 rings (SSSR count). The molecule has 0 saturated heterocycles. The highest BCUT2D eigenvalue weighted by Crippen LogP contribution is 2.35. The fourth-order valence-corrected chi connectivity index (χ4v) is 2.38. The summed E-state index contributed by atoms with van der Waals surface area (Å²) in [6, 6.07) is 4.29. The Morgan fingerprint density at radius 2 is 2.26 bits per heavy atom. The number of benzene rings is 1. The van der Waals surface area contributed by atoms with Crippen LogP contribution in [0.15, 0.2) is 38.3 Å². The number of hydrogen-bond donors (Lipinski definition) is 1. The van der Waals surface area contributed by atoms with E-state index in [4.69, 9.17) is 9.15 Å². The molecule has 3 aromatic rings. The highest BCUT2D eigenvalue weighted by atomic mass is 32.1. The lowest BCUT2D eigenvalue weighted by Crippen LogP contribution is -2.01. The van der Waals surface area contributed by atoms with Crippen LogP contribution in [0.4, 0.5) is 0 Å². The largest absolute Gasteiger partial charge is 0.504 e. The third kappa shape index (κ3) is 1.86. The molecule has 0 aliphatic rings. The molecule has 0 unspecified atom stereocenters. The standard InChI is InChI=1S/C13H9NO4S/c1-17-13-9(15)3-2-7-10(16)4-11(18-12(7)13)8-5-19-6-14-8/h2-6,15H,1H3. The van der Waals surface area contributed by atoms with Crippen molar-refractivity contribution >= 4 is 22.3 Å². The van der Waals surface area contributed by atoms with E-state index in [0.717, 1.165) is 0 Å². The van der Waals surface area contributed by atoms with E-state index in [1.54, 1.807) is 10.9 Å². The number of rotatable bonds is 2. The second-order valence-electron chi connectivity index (χ2n) is 3.84. The molecule has 0 spiro atoms. The molecule has 2 heterocycles. The second-order valence-corrected chi connectivity index (χ2v) is 4.56. The number of phenols is 1. The number of methoxy groups -OCH3 is 1. The van der Waals surface area contributed by atoms with Crippen LogP contribution in [0.3, 0.4) is 0 Å². The van der Waals surface area contributed by atoms with Gasteiger partial charge in [-0.15, -0.1) is 11.3 Å². The number of thiazole rings is 1. The third-order valence-corrected chi connectivity index (χ3v) is 3.31. The van der Waals surface area contributed by atoms with Crippen molar-refractivity contribution in [2.24, 2.45) is 0 Å². The summed E-state index contributed by atoms with van der Waals surface area (Å²) < 4.78 is 10.7. The first-order chi connectivity index (χ1) is 9.20. The molecule has 96 valence electrons. The van der Waals surface area contributed by atoms with Gasteiger partial charge >= 0.3 is 0 Å². The normalized spacial score (nSPS) is 10.8. The van der Waals surface area contributed by atoms with Crippen LogP contribution < -0.4 is 10.2 Å². The Bertz CT molecular complexity index is 792. The Morgan fingerprint density at radius 1 is 1.42 bits per heavy atom. The number of fused-ring (bicyclic) bond motifs is 1. The van der Waals surface area contributed by atoms with Crippen LogP contribution in [0.25, 0.3) is 22.4 Å². The number of ether oxygens (including phenoxy) is 1. The first-order valence-corrected chi connectivity index (χ1v) is 6.37. The molecule has 0 aliphatic carbocycles. The highest BCUT2D eigenvalue weighted by Gasteiger charge is 2.15. The van der Waals surface area contributed by atoms with Crippen molar-refractivity contribution in [3.8, 4) is 23.0 Å². The van der Waals surface area contributed by atoms with Crippen molar-refractivity contribution in [1.29, 1.82) is 0 Å². The molecule has 0 fully saturated rings. The smallest absolute Gasteiger partial charge is 0.204 e. The van der Waals surface area contributed by atoms with E-state index < -0.39 is 0 Å². The molecule has 5 nitrogen and oxygen atoms in total. The van der Waals surface area contributed by atoms with Crippen LogP contribution in [-0.4, -0.2) is 17.2 Å². The number of aromatic hydroxyl groups is 1. The highest BCUT2D eigenvalue weighted by molar-refractivity contribution is 7.07. The van der Waals surface area contributed by atoms with Crippen LogP contribution in [0.5, 0.6) is 11.5 Å². The summed E-state index contributed by atoms with van der Waals surface area (Å²) in [6.07, 6.45) is 0. The Morgan fingerprint density at radius 3 is 2.95 bits per heavy atom. The van der Waals surface area contributed by atoms with Crippen molar-refractivity contribution in [2.75, 3.05) is 7.11 Å². The predicted molar refractivity (Wildman–Crippen MR) is 71.8 cm³/mol. The molecule has 0 aliphatic heterocycles. The summed E-state index contributed by atoms with van der Waals surface area (Å²) in [5.74, 6) is 0.419. The minimum absolute atomic E-state index is 0.0754. The number of nitrogens with zero attached hydrogens (tertiary/aromatic N) is 1. The summed E-state index contributed by atoms with van der Waals surface area (Å²) in [4.78, 5) is 16.1. The van der Waals surface area contributed by atoms with E-state index >= 15 is 0 Å². The number of aromatic nitrogens is 1. The predicted octanol–water partition coefficient (Wildman–Crippen LogP) is 2.63. The van der Waals surface area contributed by atoms with Crippen molar-refractivity contribution in [3.63, 3.8) is 0 Å². The molecule has 1 N–H and O–H groups in total. The summed E-state index contributed by atoms with van der Waals surface area (Å²) in [6.45, 7) is 0. The first-order valence-electron chi connectivity index (χ1n) is 5.43. The third-order valence-electron chi connectivity index (χ3n) is 2.72.